The normalized spacial score (nSPS) is 14.0. The number of carbonyl (C=O) groups is 1. The van der Waals surface area contributed by atoms with Crippen molar-refractivity contribution in [2.24, 2.45) is 5.41 Å². The second kappa shape index (κ2) is 14.1. The van der Waals surface area contributed by atoms with Gasteiger partial charge in [-0.25, -0.2) is 0 Å². The van der Waals surface area contributed by atoms with E-state index in [0.29, 0.717) is 0 Å². The number of rotatable bonds is 16. The largest absolute Gasteiger partial charge is 0.481 e. The first-order valence-electron chi connectivity index (χ1n) is 9.86. The molecule has 0 aliphatic rings. The number of hydrogen-bond acceptors (Lipinski definition) is 1. The number of unbranched alkanes of at least 4 members (excludes halogenated alkanes) is 9. The highest BCUT2D eigenvalue weighted by Crippen LogP contribution is 2.37. The highest BCUT2D eigenvalue weighted by molar-refractivity contribution is 5.74. The summed E-state index contributed by atoms with van der Waals surface area (Å²) < 4.78 is 0. The molecule has 0 spiro atoms. The fourth-order valence-electron chi connectivity index (χ4n) is 3.34. The second-order valence-electron chi connectivity index (χ2n) is 7.02. The maximum Gasteiger partial charge on any atom is 0.309 e. The second-order valence-corrected chi connectivity index (χ2v) is 7.02. The molecular formula is C20H40O2. The van der Waals surface area contributed by atoms with Gasteiger partial charge in [-0.15, -0.1) is 0 Å². The summed E-state index contributed by atoms with van der Waals surface area (Å²) in [5.74, 6) is -0.536. The topological polar surface area (TPSA) is 37.3 Å². The van der Waals surface area contributed by atoms with Crippen molar-refractivity contribution in [1.82, 2.24) is 0 Å². The predicted octanol–water partition coefficient (Wildman–Crippen LogP) is 6.97. The molecule has 2 nitrogen and oxygen atoms in total. The number of aliphatic carboxylic acids is 1. The summed E-state index contributed by atoms with van der Waals surface area (Å²) in [6.07, 6.45) is 17.0. The van der Waals surface area contributed by atoms with Gasteiger partial charge in [0.1, 0.15) is 0 Å². The highest BCUT2D eigenvalue weighted by Gasteiger charge is 2.36. The van der Waals surface area contributed by atoms with Crippen molar-refractivity contribution < 1.29 is 9.90 Å². The Morgan fingerprint density at radius 3 is 1.45 bits per heavy atom. The average molecular weight is 313 g/mol. The van der Waals surface area contributed by atoms with Gasteiger partial charge in [-0.3, -0.25) is 4.79 Å². The first kappa shape index (κ1) is 21.5. The molecule has 0 heterocycles. The third kappa shape index (κ3) is 9.48. The van der Waals surface area contributed by atoms with Gasteiger partial charge in [-0.2, -0.15) is 0 Å². The SMILES string of the molecule is CCCCCCCCC(CCCC)(CCCCCC)C(=O)O. The quantitative estimate of drug-likeness (QED) is 0.312. The number of carboxylic acid groups (broad SMARTS) is 1. The van der Waals surface area contributed by atoms with Crippen LogP contribution in [-0.4, -0.2) is 11.1 Å². The van der Waals surface area contributed by atoms with E-state index in [1.807, 2.05) is 0 Å². The van der Waals surface area contributed by atoms with E-state index in [2.05, 4.69) is 20.8 Å². The maximum absolute atomic E-state index is 12.0. The molecule has 0 aromatic heterocycles. The molecule has 0 amide bonds. The maximum atomic E-state index is 12.0. The van der Waals surface area contributed by atoms with Gasteiger partial charge in [-0.1, -0.05) is 97.8 Å². The summed E-state index contributed by atoms with van der Waals surface area (Å²) in [5, 5.41) is 9.85. The van der Waals surface area contributed by atoms with Crippen LogP contribution in [0.5, 0.6) is 0 Å². The average Bonchev–Trinajstić information content (AvgIpc) is 2.51. The Morgan fingerprint density at radius 2 is 1.00 bits per heavy atom. The molecule has 1 N–H and O–H groups in total. The van der Waals surface area contributed by atoms with Crippen LogP contribution in [0.1, 0.15) is 117 Å². The van der Waals surface area contributed by atoms with Crippen LogP contribution in [0.2, 0.25) is 0 Å². The Morgan fingerprint density at radius 1 is 0.636 bits per heavy atom. The molecule has 1 unspecified atom stereocenters. The van der Waals surface area contributed by atoms with E-state index in [-0.39, 0.29) is 0 Å². The molecule has 0 saturated heterocycles. The first-order chi connectivity index (χ1) is 10.6. The number of hydrogen-bond donors (Lipinski definition) is 1. The van der Waals surface area contributed by atoms with Gasteiger partial charge in [0.2, 0.25) is 0 Å². The summed E-state index contributed by atoms with van der Waals surface area (Å²) in [5.41, 5.74) is -0.436. The van der Waals surface area contributed by atoms with Gasteiger partial charge in [-0.05, 0) is 19.3 Å². The van der Waals surface area contributed by atoms with Gasteiger partial charge in [0.15, 0.2) is 0 Å². The van der Waals surface area contributed by atoms with E-state index in [0.717, 1.165) is 44.9 Å². The van der Waals surface area contributed by atoms with Crippen molar-refractivity contribution in [2.75, 3.05) is 0 Å². The van der Waals surface area contributed by atoms with E-state index in [1.165, 1.54) is 51.4 Å². The molecule has 2 heteroatoms. The Hall–Kier alpha value is -0.530. The van der Waals surface area contributed by atoms with Crippen molar-refractivity contribution in [3.05, 3.63) is 0 Å². The van der Waals surface area contributed by atoms with Crippen molar-refractivity contribution in [3.63, 3.8) is 0 Å². The Bertz CT molecular complexity index is 262. The lowest BCUT2D eigenvalue weighted by Crippen LogP contribution is -2.31. The molecule has 0 aliphatic carbocycles. The minimum absolute atomic E-state index is 0.436. The van der Waals surface area contributed by atoms with Crippen LogP contribution in [0.4, 0.5) is 0 Å². The van der Waals surface area contributed by atoms with Crippen molar-refractivity contribution in [1.29, 1.82) is 0 Å². The van der Waals surface area contributed by atoms with Crippen LogP contribution in [0.3, 0.4) is 0 Å². The number of carboxylic acids is 1. The van der Waals surface area contributed by atoms with Crippen LogP contribution in [-0.2, 0) is 4.79 Å². The minimum atomic E-state index is -0.536. The lowest BCUT2D eigenvalue weighted by molar-refractivity contribution is -0.150. The minimum Gasteiger partial charge on any atom is -0.481 e. The molecule has 0 radical (unpaired) electrons. The van der Waals surface area contributed by atoms with Crippen molar-refractivity contribution in [3.8, 4) is 0 Å². The van der Waals surface area contributed by atoms with Crippen LogP contribution in [0.15, 0.2) is 0 Å². The molecule has 0 aromatic carbocycles. The van der Waals surface area contributed by atoms with Gasteiger partial charge < -0.3 is 5.11 Å². The Kier molecular flexibility index (Phi) is 13.7. The molecule has 0 rings (SSSR count). The third-order valence-electron chi connectivity index (χ3n) is 4.98. The van der Waals surface area contributed by atoms with E-state index in [1.54, 1.807) is 0 Å². The Balaban J connectivity index is 4.36. The van der Waals surface area contributed by atoms with E-state index in [9.17, 15) is 9.90 Å². The monoisotopic (exact) mass is 312 g/mol. The summed E-state index contributed by atoms with van der Waals surface area (Å²) >= 11 is 0. The van der Waals surface area contributed by atoms with E-state index >= 15 is 0 Å². The fourth-order valence-corrected chi connectivity index (χ4v) is 3.34. The van der Waals surface area contributed by atoms with Crippen LogP contribution in [0, 0.1) is 5.41 Å². The van der Waals surface area contributed by atoms with Gasteiger partial charge in [0.25, 0.3) is 0 Å². The van der Waals surface area contributed by atoms with E-state index in [4.69, 9.17) is 0 Å². The smallest absolute Gasteiger partial charge is 0.309 e. The molecule has 22 heavy (non-hydrogen) atoms. The lowest BCUT2D eigenvalue weighted by Gasteiger charge is -2.30. The van der Waals surface area contributed by atoms with Crippen molar-refractivity contribution in [2.45, 2.75) is 117 Å². The predicted molar refractivity (Wildman–Crippen MR) is 96.3 cm³/mol. The van der Waals surface area contributed by atoms with Crippen LogP contribution < -0.4 is 0 Å². The van der Waals surface area contributed by atoms with Gasteiger partial charge >= 0.3 is 5.97 Å². The molecule has 1 atom stereocenters. The molecule has 0 aromatic rings. The summed E-state index contributed by atoms with van der Waals surface area (Å²) in [6, 6.07) is 0. The molecule has 0 saturated carbocycles. The summed E-state index contributed by atoms with van der Waals surface area (Å²) in [4.78, 5) is 12.0. The molecule has 0 aliphatic heterocycles. The lowest BCUT2D eigenvalue weighted by atomic mass is 9.74. The summed E-state index contributed by atoms with van der Waals surface area (Å²) in [7, 11) is 0. The zero-order valence-corrected chi connectivity index (χ0v) is 15.5. The Labute approximate surface area is 139 Å². The van der Waals surface area contributed by atoms with Gasteiger partial charge in [0, 0.05) is 0 Å². The molecule has 132 valence electrons. The zero-order valence-electron chi connectivity index (χ0n) is 15.5. The molecular weight excluding hydrogens is 272 g/mol. The standard InChI is InChI=1S/C20H40O2/c1-4-7-10-12-13-15-18-20(19(21)22,16-9-6-3)17-14-11-8-5-2/h4-18H2,1-3H3,(H,21,22). The molecule has 0 fully saturated rings. The zero-order chi connectivity index (χ0) is 16.7. The fraction of sp³-hybridized carbons (Fsp3) is 0.950. The van der Waals surface area contributed by atoms with Crippen molar-refractivity contribution >= 4 is 5.97 Å². The van der Waals surface area contributed by atoms with Gasteiger partial charge in [0.05, 0.1) is 5.41 Å². The first-order valence-corrected chi connectivity index (χ1v) is 9.86. The van der Waals surface area contributed by atoms with Crippen LogP contribution >= 0.6 is 0 Å². The summed E-state index contributed by atoms with van der Waals surface area (Å²) in [6.45, 7) is 6.60. The molecule has 0 bridgehead atoms. The van der Waals surface area contributed by atoms with E-state index < -0.39 is 11.4 Å². The third-order valence-corrected chi connectivity index (χ3v) is 4.98. The highest BCUT2D eigenvalue weighted by atomic mass is 16.4. The van der Waals surface area contributed by atoms with Crippen LogP contribution in [0.25, 0.3) is 0 Å².